The van der Waals surface area contributed by atoms with Crippen LogP contribution < -0.4 is 5.56 Å². The van der Waals surface area contributed by atoms with E-state index in [0.717, 1.165) is 16.3 Å². The van der Waals surface area contributed by atoms with E-state index < -0.39 is 16.1 Å². The van der Waals surface area contributed by atoms with Gasteiger partial charge in [-0.05, 0) is 61.4 Å². The van der Waals surface area contributed by atoms with Gasteiger partial charge >= 0.3 is 0 Å². The Hall–Kier alpha value is -2.71. The van der Waals surface area contributed by atoms with Crippen LogP contribution in [0, 0.1) is 0 Å². The number of benzene rings is 3. The highest BCUT2D eigenvalue weighted by molar-refractivity contribution is 7.89. The highest BCUT2D eigenvalue weighted by Crippen LogP contribution is 2.32. The van der Waals surface area contributed by atoms with Gasteiger partial charge in [0.15, 0.2) is 0 Å². The van der Waals surface area contributed by atoms with Crippen LogP contribution in [-0.2, 0) is 16.4 Å². The normalized spacial score (nSPS) is 12.9. The van der Waals surface area contributed by atoms with Gasteiger partial charge in [-0.3, -0.25) is 9.36 Å². The van der Waals surface area contributed by atoms with Crippen molar-refractivity contribution in [1.29, 1.82) is 0 Å². The molecule has 0 aliphatic carbocycles. The topological polar surface area (TPSA) is 72.3 Å². The van der Waals surface area contributed by atoms with E-state index in [1.54, 1.807) is 31.2 Å². The first kappa shape index (κ1) is 24.4. The van der Waals surface area contributed by atoms with Gasteiger partial charge in [-0.25, -0.2) is 13.4 Å². The predicted molar refractivity (Wildman–Crippen MR) is 137 cm³/mol. The van der Waals surface area contributed by atoms with Crippen molar-refractivity contribution in [3.05, 3.63) is 98.5 Å². The first-order valence-corrected chi connectivity index (χ1v) is 12.9. The summed E-state index contributed by atoms with van der Waals surface area (Å²) in [5.41, 5.74) is 1.94. The van der Waals surface area contributed by atoms with Crippen LogP contribution in [0.5, 0.6) is 0 Å². The Bertz CT molecular complexity index is 1530. The Morgan fingerprint density at radius 3 is 2.38 bits per heavy atom. The number of nitrogens with zero attached hydrogens (tertiary/aromatic N) is 3. The van der Waals surface area contributed by atoms with Gasteiger partial charge in [-0.15, -0.1) is 0 Å². The van der Waals surface area contributed by atoms with E-state index in [1.807, 2.05) is 31.2 Å². The molecule has 1 aromatic heterocycles. The van der Waals surface area contributed by atoms with Gasteiger partial charge in [0.1, 0.15) is 10.7 Å². The molecular formula is C25H23Cl2N3O3S. The number of para-hydroxylation sites is 1. The van der Waals surface area contributed by atoms with Crippen LogP contribution in [0.2, 0.25) is 10.0 Å². The van der Waals surface area contributed by atoms with Crippen molar-refractivity contribution in [3.63, 3.8) is 0 Å². The molecule has 0 bridgehead atoms. The maximum absolute atomic E-state index is 13.6. The maximum atomic E-state index is 13.6. The molecule has 176 valence electrons. The van der Waals surface area contributed by atoms with E-state index in [4.69, 9.17) is 28.2 Å². The minimum Gasteiger partial charge on any atom is -0.268 e. The molecule has 1 unspecified atom stereocenters. The fraction of sp³-hybridized carbons (Fsp3) is 0.200. The fourth-order valence-corrected chi connectivity index (χ4v) is 5.82. The molecule has 3 aromatic carbocycles. The lowest BCUT2D eigenvalue weighted by atomic mass is 10.1. The highest BCUT2D eigenvalue weighted by atomic mass is 35.5. The van der Waals surface area contributed by atoms with Crippen LogP contribution in [-0.4, -0.2) is 29.3 Å². The summed E-state index contributed by atoms with van der Waals surface area (Å²) in [6, 6.07) is 18.0. The molecular weight excluding hydrogens is 493 g/mol. The van der Waals surface area contributed by atoms with E-state index in [2.05, 4.69) is 0 Å². The predicted octanol–water partition coefficient (Wildman–Crippen LogP) is 5.64. The van der Waals surface area contributed by atoms with Crippen molar-refractivity contribution in [2.24, 2.45) is 0 Å². The third-order valence-corrected chi connectivity index (χ3v) is 8.52. The zero-order valence-corrected chi connectivity index (χ0v) is 21.2. The molecule has 0 aliphatic rings. The molecule has 0 spiro atoms. The Morgan fingerprint density at radius 1 is 1.03 bits per heavy atom. The first-order chi connectivity index (χ1) is 16.1. The van der Waals surface area contributed by atoms with Crippen molar-refractivity contribution < 1.29 is 8.42 Å². The van der Waals surface area contributed by atoms with E-state index >= 15 is 0 Å². The van der Waals surface area contributed by atoms with Gasteiger partial charge < -0.3 is 0 Å². The van der Waals surface area contributed by atoms with Crippen molar-refractivity contribution >= 4 is 44.1 Å². The molecule has 0 fully saturated rings. The minimum absolute atomic E-state index is 0.0578. The summed E-state index contributed by atoms with van der Waals surface area (Å²) in [6.45, 7) is 3.73. The lowest BCUT2D eigenvalue weighted by Gasteiger charge is -2.27. The van der Waals surface area contributed by atoms with E-state index in [9.17, 15) is 13.2 Å². The van der Waals surface area contributed by atoms with Crippen LogP contribution in [0.3, 0.4) is 0 Å². The molecule has 0 aliphatic heterocycles. The van der Waals surface area contributed by atoms with Gasteiger partial charge in [-0.2, -0.15) is 4.31 Å². The molecule has 6 nitrogen and oxygen atoms in total. The molecule has 4 rings (SSSR count). The number of sulfonamides is 1. The highest BCUT2D eigenvalue weighted by Gasteiger charge is 2.31. The molecule has 9 heteroatoms. The van der Waals surface area contributed by atoms with Crippen LogP contribution >= 0.6 is 23.2 Å². The molecule has 0 radical (unpaired) electrons. The average molecular weight is 516 g/mol. The molecule has 0 N–H and O–H groups in total. The number of halogens is 2. The first-order valence-electron chi connectivity index (χ1n) is 10.7. The molecule has 0 saturated heterocycles. The number of aryl methyl sites for hydroxylation is 1. The van der Waals surface area contributed by atoms with Gasteiger partial charge in [0.05, 0.1) is 27.7 Å². The number of fused-ring (bicyclic) bond motifs is 1. The largest absolute Gasteiger partial charge is 0.268 e. The third kappa shape index (κ3) is 4.36. The summed E-state index contributed by atoms with van der Waals surface area (Å²) >= 11 is 12.2. The van der Waals surface area contributed by atoms with Gasteiger partial charge in [0.2, 0.25) is 10.0 Å². The molecule has 0 amide bonds. The quantitative estimate of drug-likeness (QED) is 0.333. The van der Waals surface area contributed by atoms with Crippen LogP contribution in [0.15, 0.2) is 76.4 Å². The SMILES string of the molecule is CCc1ccc(-n2c(C(C)N(C)S(=O)(=O)c3cc(Cl)ccc3Cl)nc3ccccc3c2=O)cc1. The summed E-state index contributed by atoms with van der Waals surface area (Å²) < 4.78 is 29.6. The second kappa shape index (κ2) is 9.50. The second-order valence-corrected chi connectivity index (χ2v) is 10.7. The zero-order valence-electron chi connectivity index (χ0n) is 18.9. The molecule has 34 heavy (non-hydrogen) atoms. The van der Waals surface area contributed by atoms with Crippen LogP contribution in [0.4, 0.5) is 0 Å². The molecule has 1 heterocycles. The number of hydrogen-bond donors (Lipinski definition) is 0. The number of rotatable bonds is 6. The Morgan fingerprint density at radius 2 is 1.71 bits per heavy atom. The van der Waals surface area contributed by atoms with E-state index in [0.29, 0.717) is 16.6 Å². The van der Waals surface area contributed by atoms with Crippen molar-refractivity contribution in [1.82, 2.24) is 13.9 Å². The second-order valence-electron chi connectivity index (χ2n) is 7.92. The Balaban J connectivity index is 1.92. The van der Waals surface area contributed by atoms with Gasteiger partial charge in [-0.1, -0.05) is 54.4 Å². The number of hydrogen-bond acceptors (Lipinski definition) is 4. The maximum Gasteiger partial charge on any atom is 0.266 e. The minimum atomic E-state index is -4.05. The lowest BCUT2D eigenvalue weighted by Crippen LogP contribution is -2.35. The fourth-order valence-electron chi connectivity index (χ4n) is 3.76. The molecule has 1 atom stereocenters. The van der Waals surface area contributed by atoms with Crippen LogP contribution in [0.25, 0.3) is 16.6 Å². The summed E-state index contributed by atoms with van der Waals surface area (Å²) in [5, 5.41) is 0.754. The van der Waals surface area contributed by atoms with Crippen molar-refractivity contribution in [2.75, 3.05) is 7.05 Å². The van der Waals surface area contributed by atoms with Crippen molar-refractivity contribution in [3.8, 4) is 5.69 Å². The van der Waals surface area contributed by atoms with Crippen molar-refractivity contribution in [2.45, 2.75) is 31.2 Å². The Kier molecular flexibility index (Phi) is 6.82. The summed E-state index contributed by atoms with van der Waals surface area (Å²) in [6.07, 6.45) is 0.857. The zero-order chi connectivity index (χ0) is 24.6. The summed E-state index contributed by atoms with van der Waals surface area (Å²) in [7, 11) is -2.62. The third-order valence-electron chi connectivity index (χ3n) is 5.87. The average Bonchev–Trinajstić information content (AvgIpc) is 2.84. The summed E-state index contributed by atoms with van der Waals surface area (Å²) in [5.74, 6) is 0.289. The molecule has 0 saturated carbocycles. The van der Waals surface area contributed by atoms with Gasteiger partial charge in [0.25, 0.3) is 5.56 Å². The molecule has 4 aromatic rings. The van der Waals surface area contributed by atoms with E-state index in [-0.39, 0.29) is 26.3 Å². The van der Waals surface area contributed by atoms with Gasteiger partial charge in [0, 0.05) is 12.1 Å². The smallest absolute Gasteiger partial charge is 0.266 e. The number of aromatic nitrogens is 2. The van der Waals surface area contributed by atoms with Crippen LogP contribution in [0.1, 0.15) is 31.3 Å². The standard InChI is InChI=1S/C25H23Cl2N3O3S/c1-4-17-9-12-19(13-10-17)30-24(28-22-8-6-5-7-20(22)25(30)31)16(2)29(3)34(32,33)23-15-18(26)11-14-21(23)27/h5-16H,4H2,1-3H3. The Labute approximate surface area is 208 Å². The lowest BCUT2D eigenvalue weighted by molar-refractivity contribution is 0.379. The summed E-state index contributed by atoms with van der Waals surface area (Å²) in [4.78, 5) is 18.2. The van der Waals surface area contributed by atoms with E-state index in [1.165, 1.54) is 29.8 Å². The monoisotopic (exact) mass is 515 g/mol.